The predicted octanol–water partition coefficient (Wildman–Crippen LogP) is 2.30. The van der Waals surface area contributed by atoms with Gasteiger partial charge in [0.05, 0.1) is 4.83 Å². The number of hydrogen-bond acceptors (Lipinski definition) is 1. The SMILES string of the molecule is ClC1=CCC(Br)C=N1. The van der Waals surface area contributed by atoms with E-state index in [0.29, 0.717) is 9.98 Å². The molecule has 0 aromatic rings. The fraction of sp³-hybridized carbons (Fsp3) is 0.400. The zero-order valence-electron chi connectivity index (χ0n) is 4.14. The van der Waals surface area contributed by atoms with Crippen LogP contribution >= 0.6 is 27.5 Å². The molecule has 0 saturated heterocycles. The maximum atomic E-state index is 5.52. The third kappa shape index (κ3) is 1.60. The highest BCUT2D eigenvalue weighted by Crippen LogP contribution is 2.14. The van der Waals surface area contributed by atoms with Gasteiger partial charge < -0.3 is 0 Å². The number of aliphatic imine (C=N–C) groups is 1. The molecule has 0 N–H and O–H groups in total. The van der Waals surface area contributed by atoms with Crippen LogP contribution in [0, 0.1) is 0 Å². The molecule has 1 atom stereocenters. The first-order valence-electron chi connectivity index (χ1n) is 2.33. The number of rotatable bonds is 0. The highest BCUT2D eigenvalue weighted by Gasteiger charge is 2.02. The molecule has 1 unspecified atom stereocenters. The van der Waals surface area contributed by atoms with Crippen molar-refractivity contribution in [3.8, 4) is 0 Å². The van der Waals surface area contributed by atoms with Crippen LogP contribution in [-0.4, -0.2) is 11.0 Å². The van der Waals surface area contributed by atoms with E-state index in [1.54, 1.807) is 6.21 Å². The smallest absolute Gasteiger partial charge is 0.124 e. The van der Waals surface area contributed by atoms with Gasteiger partial charge in [0.15, 0.2) is 0 Å². The molecule has 0 amide bonds. The van der Waals surface area contributed by atoms with E-state index in [1.165, 1.54) is 0 Å². The lowest BCUT2D eigenvalue weighted by atomic mass is 10.3. The van der Waals surface area contributed by atoms with Crippen LogP contribution in [0.15, 0.2) is 16.2 Å². The molecule has 0 aliphatic carbocycles. The minimum absolute atomic E-state index is 0.380. The van der Waals surface area contributed by atoms with Crippen molar-refractivity contribution in [3.05, 3.63) is 11.2 Å². The van der Waals surface area contributed by atoms with Gasteiger partial charge in [0.2, 0.25) is 0 Å². The Hall–Kier alpha value is 0.180. The highest BCUT2D eigenvalue weighted by atomic mass is 79.9. The molecular weight excluding hydrogens is 189 g/mol. The van der Waals surface area contributed by atoms with Gasteiger partial charge >= 0.3 is 0 Å². The van der Waals surface area contributed by atoms with E-state index >= 15 is 0 Å². The van der Waals surface area contributed by atoms with Gasteiger partial charge in [-0.05, 0) is 12.5 Å². The summed E-state index contributed by atoms with van der Waals surface area (Å²) in [6.07, 6.45) is 4.63. The van der Waals surface area contributed by atoms with Crippen LogP contribution < -0.4 is 0 Å². The van der Waals surface area contributed by atoms with Gasteiger partial charge in [0.1, 0.15) is 5.16 Å². The molecular formula is C5H5BrClN. The largest absolute Gasteiger partial charge is 0.248 e. The third-order valence-electron chi connectivity index (χ3n) is 0.871. The third-order valence-corrected chi connectivity index (χ3v) is 1.73. The summed E-state index contributed by atoms with van der Waals surface area (Å²) in [5.74, 6) is 0. The van der Waals surface area contributed by atoms with E-state index in [-0.39, 0.29) is 0 Å². The average molecular weight is 194 g/mol. The lowest BCUT2D eigenvalue weighted by molar-refractivity contribution is 1.11. The van der Waals surface area contributed by atoms with Crippen molar-refractivity contribution in [2.24, 2.45) is 4.99 Å². The van der Waals surface area contributed by atoms with Crippen molar-refractivity contribution in [2.45, 2.75) is 11.2 Å². The normalized spacial score (nSPS) is 27.8. The molecule has 8 heavy (non-hydrogen) atoms. The molecule has 1 aliphatic heterocycles. The van der Waals surface area contributed by atoms with E-state index in [2.05, 4.69) is 20.9 Å². The second-order valence-electron chi connectivity index (χ2n) is 1.56. The lowest BCUT2D eigenvalue weighted by Gasteiger charge is -2.02. The minimum Gasteiger partial charge on any atom is -0.248 e. The first kappa shape index (κ1) is 6.30. The van der Waals surface area contributed by atoms with Crippen LogP contribution in [0.1, 0.15) is 6.42 Å². The first-order chi connectivity index (χ1) is 3.79. The van der Waals surface area contributed by atoms with Crippen molar-refractivity contribution in [2.75, 3.05) is 0 Å². The maximum absolute atomic E-state index is 5.52. The molecule has 0 aromatic carbocycles. The van der Waals surface area contributed by atoms with Crippen LogP contribution in [-0.2, 0) is 0 Å². The van der Waals surface area contributed by atoms with E-state index in [9.17, 15) is 0 Å². The Kier molecular flexibility index (Phi) is 2.08. The Labute approximate surface area is 61.6 Å². The number of allylic oxidation sites excluding steroid dienone is 1. The van der Waals surface area contributed by atoms with Gasteiger partial charge in [0.25, 0.3) is 0 Å². The summed E-state index contributed by atoms with van der Waals surface area (Å²) in [5.41, 5.74) is 0. The summed E-state index contributed by atoms with van der Waals surface area (Å²) in [5, 5.41) is 0.598. The van der Waals surface area contributed by atoms with Crippen LogP contribution in [0.2, 0.25) is 0 Å². The molecule has 0 radical (unpaired) electrons. The number of alkyl halides is 1. The summed E-state index contributed by atoms with van der Waals surface area (Å²) in [4.78, 5) is 4.25. The van der Waals surface area contributed by atoms with Crippen molar-refractivity contribution >= 4 is 33.7 Å². The average Bonchev–Trinajstić information content (AvgIpc) is 1.77. The van der Waals surface area contributed by atoms with Crippen LogP contribution in [0.4, 0.5) is 0 Å². The van der Waals surface area contributed by atoms with Crippen molar-refractivity contribution in [1.82, 2.24) is 0 Å². The summed E-state index contributed by atoms with van der Waals surface area (Å²) < 4.78 is 0. The Morgan fingerprint density at radius 1 is 1.88 bits per heavy atom. The van der Waals surface area contributed by atoms with Gasteiger partial charge in [0, 0.05) is 6.21 Å². The Bertz CT molecular complexity index is 141. The molecule has 1 aliphatic rings. The zero-order chi connectivity index (χ0) is 5.98. The maximum Gasteiger partial charge on any atom is 0.124 e. The molecule has 1 heterocycles. The first-order valence-corrected chi connectivity index (χ1v) is 3.62. The number of hydrogen-bond donors (Lipinski definition) is 0. The molecule has 1 rings (SSSR count). The Morgan fingerprint density at radius 2 is 2.62 bits per heavy atom. The summed E-state index contributed by atoms with van der Waals surface area (Å²) >= 11 is 8.89. The quantitative estimate of drug-likeness (QED) is 0.414. The Balaban J connectivity index is 2.58. The van der Waals surface area contributed by atoms with Crippen LogP contribution in [0.25, 0.3) is 0 Å². The molecule has 3 heteroatoms. The topological polar surface area (TPSA) is 12.4 Å². The number of nitrogens with zero attached hydrogens (tertiary/aromatic N) is 1. The van der Waals surface area contributed by atoms with Gasteiger partial charge in [-0.1, -0.05) is 27.5 Å². The summed E-state index contributed by atoms with van der Waals surface area (Å²) in [7, 11) is 0. The molecule has 0 bridgehead atoms. The molecule has 0 spiro atoms. The summed E-state index contributed by atoms with van der Waals surface area (Å²) in [6.45, 7) is 0. The van der Waals surface area contributed by atoms with Crippen molar-refractivity contribution < 1.29 is 0 Å². The summed E-state index contributed by atoms with van der Waals surface area (Å²) in [6, 6.07) is 0. The van der Waals surface area contributed by atoms with Crippen LogP contribution in [0.5, 0.6) is 0 Å². The van der Waals surface area contributed by atoms with Gasteiger partial charge in [-0.3, -0.25) is 0 Å². The molecule has 1 nitrogen and oxygen atoms in total. The Morgan fingerprint density at radius 3 is 3.00 bits per heavy atom. The number of halogens is 2. The van der Waals surface area contributed by atoms with Gasteiger partial charge in [-0.25, -0.2) is 4.99 Å². The van der Waals surface area contributed by atoms with Crippen molar-refractivity contribution in [3.63, 3.8) is 0 Å². The van der Waals surface area contributed by atoms with E-state index in [4.69, 9.17) is 11.6 Å². The molecule has 0 fully saturated rings. The monoisotopic (exact) mass is 193 g/mol. The standard InChI is InChI=1S/C5H5BrClN/c6-4-1-2-5(7)8-3-4/h2-4H,1H2. The zero-order valence-corrected chi connectivity index (χ0v) is 6.48. The van der Waals surface area contributed by atoms with Gasteiger partial charge in [-0.15, -0.1) is 0 Å². The van der Waals surface area contributed by atoms with Crippen LogP contribution in [0.3, 0.4) is 0 Å². The predicted molar refractivity (Wildman–Crippen MR) is 39.8 cm³/mol. The fourth-order valence-electron chi connectivity index (χ4n) is 0.475. The van der Waals surface area contributed by atoms with E-state index in [1.807, 2.05) is 6.08 Å². The molecule has 0 aromatic heterocycles. The second kappa shape index (κ2) is 2.65. The molecule has 0 saturated carbocycles. The minimum atomic E-state index is 0.380. The van der Waals surface area contributed by atoms with E-state index < -0.39 is 0 Å². The highest BCUT2D eigenvalue weighted by molar-refractivity contribution is 9.09. The second-order valence-corrected chi connectivity index (χ2v) is 3.12. The molecule has 44 valence electrons. The fourth-order valence-corrected chi connectivity index (χ4v) is 0.926. The lowest BCUT2D eigenvalue weighted by Crippen LogP contribution is -2.00. The van der Waals surface area contributed by atoms with Gasteiger partial charge in [-0.2, -0.15) is 0 Å². The van der Waals surface area contributed by atoms with Crippen molar-refractivity contribution in [1.29, 1.82) is 0 Å². The van der Waals surface area contributed by atoms with E-state index in [0.717, 1.165) is 6.42 Å².